The summed E-state index contributed by atoms with van der Waals surface area (Å²) in [4.78, 5) is 4.15. The van der Waals surface area contributed by atoms with Gasteiger partial charge in [0.15, 0.2) is 5.96 Å². The van der Waals surface area contributed by atoms with Crippen molar-refractivity contribution in [3.8, 4) is 0 Å². The summed E-state index contributed by atoms with van der Waals surface area (Å²) in [6.07, 6.45) is 11.9. The molecular weight excluding hydrogens is 324 g/mol. The third-order valence-corrected chi connectivity index (χ3v) is 6.18. The van der Waals surface area contributed by atoms with Gasteiger partial charge in [-0.05, 0) is 50.9 Å². The van der Waals surface area contributed by atoms with Crippen LogP contribution in [-0.4, -0.2) is 46.8 Å². The van der Waals surface area contributed by atoms with Gasteiger partial charge >= 0.3 is 0 Å². The highest BCUT2D eigenvalue weighted by Crippen LogP contribution is 2.25. The maximum absolute atomic E-state index is 11.9. The lowest BCUT2D eigenvalue weighted by Crippen LogP contribution is -2.42. The first-order valence-electron chi connectivity index (χ1n) is 9.19. The molecule has 1 fully saturated rings. The Balaban J connectivity index is 1.59. The summed E-state index contributed by atoms with van der Waals surface area (Å²) in [5.74, 6) is 1.28. The van der Waals surface area contributed by atoms with Gasteiger partial charge in [0.05, 0.1) is 5.75 Å². The molecule has 3 N–H and O–H groups in total. The molecule has 2 aliphatic carbocycles. The van der Waals surface area contributed by atoms with E-state index < -0.39 is 10.0 Å². The Hall–Kier alpha value is -1.08. The van der Waals surface area contributed by atoms with Crippen molar-refractivity contribution >= 4 is 16.0 Å². The molecule has 138 valence electrons. The molecule has 0 bridgehead atoms. The maximum atomic E-state index is 11.9. The molecule has 0 saturated heterocycles. The molecule has 0 unspecified atom stereocenters. The minimum atomic E-state index is -3.20. The van der Waals surface area contributed by atoms with Crippen LogP contribution in [0.4, 0.5) is 0 Å². The van der Waals surface area contributed by atoms with Gasteiger partial charge in [-0.15, -0.1) is 0 Å². The van der Waals surface area contributed by atoms with Crippen molar-refractivity contribution in [2.24, 2.45) is 10.9 Å². The van der Waals surface area contributed by atoms with E-state index in [0.717, 1.165) is 25.8 Å². The van der Waals surface area contributed by atoms with Crippen LogP contribution in [0.2, 0.25) is 0 Å². The highest BCUT2D eigenvalue weighted by molar-refractivity contribution is 7.89. The topological polar surface area (TPSA) is 82.6 Å². The standard InChI is InChI=1S/C17H32N4O2S/c1-18-17(19-11-10-15-6-3-2-4-7-15)20-12-13-24(22,23)21-14-16-8-5-9-16/h6,16,21H,2-5,7-14H2,1H3,(H2,18,19,20). The van der Waals surface area contributed by atoms with E-state index in [1.54, 1.807) is 7.05 Å². The summed E-state index contributed by atoms with van der Waals surface area (Å²) in [7, 11) is -1.49. The van der Waals surface area contributed by atoms with Crippen molar-refractivity contribution in [3.05, 3.63) is 11.6 Å². The first-order valence-corrected chi connectivity index (χ1v) is 10.8. The minimum absolute atomic E-state index is 0.0750. The van der Waals surface area contributed by atoms with Crippen LogP contribution in [0.15, 0.2) is 16.6 Å². The van der Waals surface area contributed by atoms with E-state index in [9.17, 15) is 8.42 Å². The average Bonchev–Trinajstić information content (AvgIpc) is 2.52. The van der Waals surface area contributed by atoms with Crippen molar-refractivity contribution in [1.82, 2.24) is 15.4 Å². The molecule has 0 aromatic heterocycles. The van der Waals surface area contributed by atoms with E-state index >= 15 is 0 Å². The van der Waals surface area contributed by atoms with Gasteiger partial charge < -0.3 is 10.6 Å². The van der Waals surface area contributed by atoms with E-state index in [1.807, 2.05) is 0 Å². The lowest BCUT2D eigenvalue weighted by Gasteiger charge is -2.25. The third kappa shape index (κ3) is 7.21. The molecule has 0 spiro atoms. The van der Waals surface area contributed by atoms with Crippen LogP contribution < -0.4 is 15.4 Å². The molecule has 0 atom stereocenters. The fraction of sp³-hybridized carbons (Fsp3) is 0.824. The van der Waals surface area contributed by atoms with Crippen LogP contribution in [0.25, 0.3) is 0 Å². The smallest absolute Gasteiger partial charge is 0.213 e. The SMILES string of the molecule is CN=C(NCCC1=CCCCC1)NCCS(=O)(=O)NCC1CCC1. The molecule has 2 rings (SSSR count). The zero-order valence-corrected chi connectivity index (χ0v) is 15.6. The normalized spacial score (nSPS) is 19.5. The van der Waals surface area contributed by atoms with Gasteiger partial charge in [0.1, 0.15) is 0 Å². The Labute approximate surface area is 146 Å². The van der Waals surface area contributed by atoms with Gasteiger partial charge in [0, 0.05) is 26.7 Å². The number of guanidine groups is 1. The lowest BCUT2D eigenvalue weighted by atomic mass is 9.86. The van der Waals surface area contributed by atoms with Crippen molar-refractivity contribution in [2.45, 2.75) is 51.4 Å². The number of nitrogens with one attached hydrogen (secondary N) is 3. The van der Waals surface area contributed by atoms with Crippen molar-refractivity contribution in [1.29, 1.82) is 0 Å². The summed E-state index contributed by atoms with van der Waals surface area (Å²) in [5, 5.41) is 6.33. The number of hydrogen-bond acceptors (Lipinski definition) is 3. The van der Waals surface area contributed by atoms with Crippen molar-refractivity contribution in [3.63, 3.8) is 0 Å². The third-order valence-electron chi connectivity index (χ3n) is 4.83. The number of nitrogens with zero attached hydrogens (tertiary/aromatic N) is 1. The minimum Gasteiger partial charge on any atom is -0.356 e. The Kier molecular flexibility index (Phi) is 8.05. The van der Waals surface area contributed by atoms with Gasteiger partial charge in [0.25, 0.3) is 0 Å². The van der Waals surface area contributed by atoms with Crippen molar-refractivity contribution < 1.29 is 8.42 Å². The highest BCUT2D eigenvalue weighted by Gasteiger charge is 2.20. The highest BCUT2D eigenvalue weighted by atomic mass is 32.2. The molecule has 0 radical (unpaired) electrons. The predicted molar refractivity (Wildman–Crippen MR) is 99.7 cm³/mol. The molecule has 6 nitrogen and oxygen atoms in total. The summed E-state index contributed by atoms with van der Waals surface area (Å²) in [6.45, 7) is 1.78. The molecule has 0 aromatic rings. The van der Waals surface area contributed by atoms with Crippen LogP contribution in [0.1, 0.15) is 51.4 Å². The molecule has 0 heterocycles. The monoisotopic (exact) mass is 356 g/mol. The second kappa shape index (κ2) is 10.0. The molecule has 0 amide bonds. The van der Waals surface area contributed by atoms with Gasteiger partial charge in [-0.1, -0.05) is 18.1 Å². The number of aliphatic imine (C=N–C) groups is 1. The number of sulfonamides is 1. The number of hydrogen-bond donors (Lipinski definition) is 3. The lowest BCUT2D eigenvalue weighted by molar-refractivity contribution is 0.316. The fourth-order valence-electron chi connectivity index (χ4n) is 3.01. The van der Waals surface area contributed by atoms with Gasteiger partial charge in [-0.3, -0.25) is 4.99 Å². The second-order valence-electron chi connectivity index (χ2n) is 6.75. The van der Waals surface area contributed by atoms with E-state index in [2.05, 4.69) is 26.4 Å². The molecule has 24 heavy (non-hydrogen) atoms. The Bertz CT molecular complexity index is 539. The quantitative estimate of drug-likeness (QED) is 0.334. The number of rotatable bonds is 9. The summed E-state index contributed by atoms with van der Waals surface area (Å²) >= 11 is 0. The molecule has 2 aliphatic rings. The Morgan fingerprint density at radius 1 is 1.21 bits per heavy atom. The van der Waals surface area contributed by atoms with Gasteiger partial charge in [-0.25, -0.2) is 13.1 Å². The first kappa shape index (κ1) is 19.2. The zero-order valence-electron chi connectivity index (χ0n) is 14.8. The second-order valence-corrected chi connectivity index (χ2v) is 8.67. The van der Waals surface area contributed by atoms with E-state index in [0.29, 0.717) is 25.0 Å². The maximum Gasteiger partial charge on any atom is 0.213 e. The molecule has 0 aromatic carbocycles. The zero-order chi connectivity index (χ0) is 17.3. The summed E-state index contributed by atoms with van der Waals surface area (Å²) < 4.78 is 26.6. The summed E-state index contributed by atoms with van der Waals surface area (Å²) in [5.41, 5.74) is 1.52. The van der Waals surface area contributed by atoms with E-state index in [4.69, 9.17) is 0 Å². The number of allylic oxidation sites excluding steroid dienone is 1. The van der Waals surface area contributed by atoms with Crippen LogP contribution in [-0.2, 0) is 10.0 Å². The molecular formula is C17H32N4O2S. The Morgan fingerprint density at radius 2 is 2.00 bits per heavy atom. The first-order chi connectivity index (χ1) is 11.6. The largest absolute Gasteiger partial charge is 0.356 e. The molecule has 0 aliphatic heterocycles. The van der Waals surface area contributed by atoms with Gasteiger partial charge in [0.2, 0.25) is 10.0 Å². The van der Waals surface area contributed by atoms with Gasteiger partial charge in [-0.2, -0.15) is 0 Å². The Morgan fingerprint density at radius 3 is 2.62 bits per heavy atom. The fourth-order valence-corrected chi connectivity index (χ4v) is 4.02. The predicted octanol–water partition coefficient (Wildman–Crippen LogP) is 1.76. The van der Waals surface area contributed by atoms with E-state index in [-0.39, 0.29) is 5.75 Å². The van der Waals surface area contributed by atoms with Crippen LogP contribution in [0.5, 0.6) is 0 Å². The average molecular weight is 357 g/mol. The molecule has 1 saturated carbocycles. The van der Waals surface area contributed by atoms with Crippen LogP contribution in [0.3, 0.4) is 0 Å². The van der Waals surface area contributed by atoms with Crippen LogP contribution >= 0.6 is 0 Å². The van der Waals surface area contributed by atoms with Crippen molar-refractivity contribution in [2.75, 3.05) is 32.4 Å². The molecule has 7 heteroatoms. The van der Waals surface area contributed by atoms with Crippen LogP contribution in [0, 0.1) is 5.92 Å². The van der Waals surface area contributed by atoms with E-state index in [1.165, 1.54) is 37.7 Å². The summed E-state index contributed by atoms with van der Waals surface area (Å²) in [6, 6.07) is 0.